The number of halogens is 1. The summed E-state index contributed by atoms with van der Waals surface area (Å²) in [4.78, 5) is 4.50. The van der Waals surface area contributed by atoms with Crippen molar-refractivity contribution in [2.24, 2.45) is 0 Å². The van der Waals surface area contributed by atoms with Crippen LogP contribution in [0.25, 0.3) is 11.0 Å². The first-order valence-corrected chi connectivity index (χ1v) is 6.66. The summed E-state index contributed by atoms with van der Waals surface area (Å²) in [5.74, 6) is 0.588. The van der Waals surface area contributed by atoms with E-state index in [-0.39, 0.29) is 17.9 Å². The van der Waals surface area contributed by atoms with Gasteiger partial charge in [-0.1, -0.05) is 6.07 Å². The molecular formula is C14H18FN3O. The molecule has 0 aliphatic carbocycles. The highest BCUT2D eigenvalue weighted by atomic mass is 19.1. The largest absolute Gasteiger partial charge is 0.378 e. The second-order valence-corrected chi connectivity index (χ2v) is 5.12. The van der Waals surface area contributed by atoms with E-state index in [1.807, 2.05) is 6.07 Å². The van der Waals surface area contributed by atoms with Crippen molar-refractivity contribution in [2.45, 2.75) is 25.9 Å². The van der Waals surface area contributed by atoms with Crippen molar-refractivity contribution in [2.75, 3.05) is 19.8 Å². The molecule has 102 valence electrons. The minimum Gasteiger partial charge on any atom is -0.378 e. The molecular weight excluding hydrogens is 245 g/mol. The van der Waals surface area contributed by atoms with Crippen LogP contribution in [-0.2, 0) is 4.74 Å². The first-order valence-electron chi connectivity index (χ1n) is 6.66. The monoisotopic (exact) mass is 263 g/mol. The number of nitrogens with zero attached hydrogens (tertiary/aromatic N) is 2. The number of benzene rings is 1. The van der Waals surface area contributed by atoms with Gasteiger partial charge in [-0.2, -0.15) is 0 Å². The molecule has 4 nitrogen and oxygen atoms in total. The zero-order chi connectivity index (χ0) is 13.4. The average Bonchev–Trinajstić information content (AvgIpc) is 2.81. The highest BCUT2D eigenvalue weighted by Crippen LogP contribution is 2.27. The van der Waals surface area contributed by atoms with Crippen molar-refractivity contribution >= 4 is 11.0 Å². The summed E-state index contributed by atoms with van der Waals surface area (Å²) >= 11 is 0. The van der Waals surface area contributed by atoms with Gasteiger partial charge in [0, 0.05) is 12.6 Å². The van der Waals surface area contributed by atoms with Crippen LogP contribution in [0.15, 0.2) is 18.2 Å². The van der Waals surface area contributed by atoms with Gasteiger partial charge in [-0.05, 0) is 26.0 Å². The van der Waals surface area contributed by atoms with Crippen LogP contribution in [0.5, 0.6) is 0 Å². The summed E-state index contributed by atoms with van der Waals surface area (Å²) < 4.78 is 21.5. The Bertz CT molecular complexity index is 588. The minimum atomic E-state index is -0.269. The molecule has 2 aromatic rings. The summed E-state index contributed by atoms with van der Waals surface area (Å²) in [6.45, 7) is 6.26. The van der Waals surface area contributed by atoms with Gasteiger partial charge in [-0.15, -0.1) is 0 Å². The van der Waals surface area contributed by atoms with E-state index in [4.69, 9.17) is 4.74 Å². The molecule has 0 saturated carbocycles. The lowest BCUT2D eigenvalue weighted by molar-refractivity contribution is 0.0729. The molecule has 1 aromatic carbocycles. The number of hydrogen-bond donors (Lipinski definition) is 1. The van der Waals surface area contributed by atoms with Crippen molar-refractivity contribution in [1.82, 2.24) is 14.9 Å². The van der Waals surface area contributed by atoms with Gasteiger partial charge in [0.1, 0.15) is 11.3 Å². The van der Waals surface area contributed by atoms with Gasteiger partial charge in [0.2, 0.25) is 0 Å². The standard InChI is InChI=1S/C14H18FN3O/c1-9(2)18-12-5-3-4-10(15)13(12)17-14(18)11-8-19-7-6-16-11/h3-5,9,11,16H,6-8H2,1-2H3. The lowest BCUT2D eigenvalue weighted by Crippen LogP contribution is -2.36. The van der Waals surface area contributed by atoms with Crippen LogP contribution in [0, 0.1) is 5.82 Å². The average molecular weight is 263 g/mol. The topological polar surface area (TPSA) is 39.1 Å². The molecule has 1 N–H and O–H groups in total. The van der Waals surface area contributed by atoms with Crippen LogP contribution in [0.1, 0.15) is 31.8 Å². The Morgan fingerprint density at radius 1 is 1.47 bits per heavy atom. The molecule has 1 saturated heterocycles. The molecule has 5 heteroatoms. The number of hydrogen-bond acceptors (Lipinski definition) is 3. The molecule has 19 heavy (non-hydrogen) atoms. The van der Waals surface area contributed by atoms with Gasteiger partial charge in [-0.25, -0.2) is 9.37 Å². The van der Waals surface area contributed by atoms with Crippen molar-refractivity contribution < 1.29 is 9.13 Å². The molecule has 0 spiro atoms. The number of morpholine rings is 1. The molecule has 1 aliphatic rings. The Morgan fingerprint density at radius 2 is 2.32 bits per heavy atom. The van der Waals surface area contributed by atoms with Gasteiger partial charge in [0.15, 0.2) is 5.82 Å². The molecule has 1 unspecified atom stereocenters. The van der Waals surface area contributed by atoms with Crippen molar-refractivity contribution in [1.29, 1.82) is 0 Å². The quantitative estimate of drug-likeness (QED) is 0.904. The highest BCUT2D eigenvalue weighted by molar-refractivity contribution is 5.77. The molecule has 1 aliphatic heterocycles. The summed E-state index contributed by atoms with van der Waals surface area (Å²) in [7, 11) is 0. The van der Waals surface area contributed by atoms with Crippen LogP contribution >= 0.6 is 0 Å². The molecule has 0 amide bonds. The Hall–Kier alpha value is -1.46. The number of nitrogens with one attached hydrogen (secondary N) is 1. The fraction of sp³-hybridized carbons (Fsp3) is 0.500. The minimum absolute atomic E-state index is 0.0305. The first-order chi connectivity index (χ1) is 9.18. The zero-order valence-corrected chi connectivity index (χ0v) is 11.2. The highest BCUT2D eigenvalue weighted by Gasteiger charge is 2.24. The maximum atomic E-state index is 13.9. The Labute approximate surface area is 111 Å². The summed E-state index contributed by atoms with van der Waals surface area (Å²) in [6.07, 6.45) is 0. The maximum Gasteiger partial charge on any atom is 0.151 e. The van der Waals surface area contributed by atoms with E-state index in [2.05, 4.69) is 28.7 Å². The van der Waals surface area contributed by atoms with Crippen LogP contribution in [-0.4, -0.2) is 29.3 Å². The van der Waals surface area contributed by atoms with Crippen LogP contribution < -0.4 is 5.32 Å². The number of aromatic nitrogens is 2. The van der Waals surface area contributed by atoms with Crippen molar-refractivity contribution in [3.05, 3.63) is 29.8 Å². The van der Waals surface area contributed by atoms with E-state index in [1.165, 1.54) is 6.07 Å². The fourth-order valence-corrected chi connectivity index (χ4v) is 2.62. The predicted octanol–water partition coefficient (Wildman–Crippen LogP) is 2.42. The third kappa shape index (κ3) is 2.13. The molecule has 1 fully saturated rings. The number of rotatable bonds is 2. The van der Waals surface area contributed by atoms with Crippen LogP contribution in [0.3, 0.4) is 0 Å². The Morgan fingerprint density at radius 3 is 3.00 bits per heavy atom. The summed E-state index contributed by atoms with van der Waals surface area (Å²) in [5, 5.41) is 3.38. The van der Waals surface area contributed by atoms with E-state index in [1.54, 1.807) is 6.07 Å². The van der Waals surface area contributed by atoms with Gasteiger partial charge in [0.05, 0.1) is 24.8 Å². The number of imidazole rings is 1. The third-order valence-corrected chi connectivity index (χ3v) is 3.45. The van der Waals surface area contributed by atoms with E-state index < -0.39 is 0 Å². The molecule has 2 heterocycles. The first kappa shape index (κ1) is 12.6. The smallest absolute Gasteiger partial charge is 0.151 e. The normalized spacial score (nSPS) is 20.3. The van der Waals surface area contributed by atoms with Gasteiger partial charge in [-0.3, -0.25) is 0 Å². The van der Waals surface area contributed by atoms with E-state index in [0.717, 1.165) is 17.9 Å². The second kappa shape index (κ2) is 4.90. The number of ether oxygens (including phenoxy) is 1. The SMILES string of the molecule is CC(C)n1c(C2COCCN2)nc2c(F)cccc21. The summed E-state index contributed by atoms with van der Waals surface area (Å²) in [6, 6.07) is 5.36. The molecule has 0 bridgehead atoms. The molecule has 0 radical (unpaired) electrons. The van der Waals surface area contributed by atoms with E-state index in [0.29, 0.717) is 18.7 Å². The fourth-order valence-electron chi connectivity index (χ4n) is 2.62. The number of fused-ring (bicyclic) bond motifs is 1. The second-order valence-electron chi connectivity index (χ2n) is 5.12. The van der Waals surface area contributed by atoms with Crippen molar-refractivity contribution in [3.63, 3.8) is 0 Å². The zero-order valence-electron chi connectivity index (χ0n) is 11.2. The van der Waals surface area contributed by atoms with E-state index >= 15 is 0 Å². The predicted molar refractivity (Wildman–Crippen MR) is 71.6 cm³/mol. The maximum absolute atomic E-state index is 13.9. The lowest BCUT2D eigenvalue weighted by Gasteiger charge is -2.25. The van der Waals surface area contributed by atoms with E-state index in [9.17, 15) is 4.39 Å². The van der Waals surface area contributed by atoms with Gasteiger partial charge >= 0.3 is 0 Å². The molecule has 1 aromatic heterocycles. The van der Waals surface area contributed by atoms with Crippen LogP contribution in [0.2, 0.25) is 0 Å². The number of para-hydroxylation sites is 1. The van der Waals surface area contributed by atoms with Gasteiger partial charge < -0.3 is 14.6 Å². The molecule has 1 atom stereocenters. The Balaban J connectivity index is 2.17. The van der Waals surface area contributed by atoms with Crippen molar-refractivity contribution in [3.8, 4) is 0 Å². The molecule has 3 rings (SSSR count). The van der Waals surface area contributed by atoms with Gasteiger partial charge in [0.25, 0.3) is 0 Å². The van der Waals surface area contributed by atoms with Crippen LogP contribution in [0.4, 0.5) is 4.39 Å². The lowest BCUT2D eigenvalue weighted by atomic mass is 10.2. The Kier molecular flexibility index (Phi) is 3.24. The summed E-state index contributed by atoms with van der Waals surface area (Å²) in [5.41, 5.74) is 1.29. The third-order valence-electron chi connectivity index (χ3n) is 3.45.